The number of methoxy groups -OCH3 is 1. The van der Waals surface area contributed by atoms with Crippen LogP contribution in [-0.2, 0) is 25.9 Å². The molecule has 0 saturated carbocycles. The van der Waals surface area contributed by atoms with E-state index >= 15 is 0 Å². The fraction of sp³-hybridized carbons (Fsp3) is 0.278. The minimum absolute atomic E-state index is 0.0715. The van der Waals surface area contributed by atoms with E-state index in [0.717, 1.165) is 77.6 Å². The van der Waals surface area contributed by atoms with Gasteiger partial charge in [0.25, 0.3) is 11.8 Å². The van der Waals surface area contributed by atoms with Gasteiger partial charge in [0.05, 0.1) is 17.7 Å². The molecule has 0 bridgehead atoms. The molecule has 2 amide bonds. The second-order valence-electron chi connectivity index (χ2n) is 11.6. The van der Waals surface area contributed by atoms with Gasteiger partial charge in [-0.2, -0.15) is 0 Å². The van der Waals surface area contributed by atoms with Gasteiger partial charge in [-0.3, -0.25) is 9.59 Å². The van der Waals surface area contributed by atoms with E-state index in [1.54, 1.807) is 24.3 Å². The lowest BCUT2D eigenvalue weighted by Crippen LogP contribution is -2.24. The number of carbonyl (C=O) groups excluding carboxylic acids is 2. The molecule has 6 rings (SSSR count). The normalized spacial score (nSPS) is 13.4. The number of fused-ring (bicyclic) bond motifs is 2. The molecule has 0 aliphatic carbocycles. The average Bonchev–Trinajstić information content (AvgIpc) is 3.06. The molecule has 8 nitrogen and oxygen atoms in total. The van der Waals surface area contributed by atoms with E-state index in [0.29, 0.717) is 27.0 Å². The van der Waals surface area contributed by atoms with Crippen LogP contribution < -0.4 is 30.7 Å². The molecule has 0 saturated heterocycles. The summed E-state index contributed by atoms with van der Waals surface area (Å²) in [4.78, 5) is 24.8. The number of anilines is 2. The fourth-order valence-electron chi connectivity index (χ4n) is 5.49. The molecule has 2 heterocycles. The molecule has 0 radical (unpaired) electrons. The van der Waals surface area contributed by atoms with Crippen molar-refractivity contribution in [2.24, 2.45) is 0 Å². The first kappa shape index (κ1) is 35.6. The molecular formula is C36H36BrCl2FN4O4. The summed E-state index contributed by atoms with van der Waals surface area (Å²) < 4.78 is 25.0. The zero-order valence-corrected chi connectivity index (χ0v) is 29.8. The Hall–Kier alpha value is -3.67. The molecule has 0 fully saturated rings. The summed E-state index contributed by atoms with van der Waals surface area (Å²) in [6.45, 7) is 7.23. The van der Waals surface area contributed by atoms with Crippen molar-refractivity contribution < 1.29 is 23.5 Å². The van der Waals surface area contributed by atoms with E-state index in [9.17, 15) is 14.0 Å². The first-order valence-corrected chi connectivity index (χ1v) is 17.0. The van der Waals surface area contributed by atoms with E-state index in [4.69, 9.17) is 32.7 Å². The quantitative estimate of drug-likeness (QED) is 0.152. The minimum atomic E-state index is -0.576. The number of amides is 2. The lowest BCUT2D eigenvalue weighted by Gasteiger charge is -2.20. The van der Waals surface area contributed by atoms with Gasteiger partial charge in [-0.1, -0.05) is 23.2 Å². The number of rotatable bonds is 7. The second kappa shape index (κ2) is 16.2. The maximum Gasteiger partial charge on any atom is 0.255 e. The molecule has 12 heteroatoms. The molecule has 252 valence electrons. The van der Waals surface area contributed by atoms with Crippen LogP contribution in [0.1, 0.15) is 56.8 Å². The Morgan fingerprint density at radius 1 is 0.792 bits per heavy atom. The zero-order chi connectivity index (χ0) is 34.4. The third-order valence-corrected chi connectivity index (χ3v) is 9.09. The van der Waals surface area contributed by atoms with Gasteiger partial charge in [0, 0.05) is 45.6 Å². The summed E-state index contributed by atoms with van der Waals surface area (Å²) in [5.41, 5.74) is 6.55. The van der Waals surface area contributed by atoms with Gasteiger partial charge in [-0.25, -0.2) is 4.39 Å². The van der Waals surface area contributed by atoms with Crippen LogP contribution in [0.3, 0.4) is 0 Å². The van der Waals surface area contributed by atoms with Crippen LogP contribution in [-0.4, -0.2) is 38.1 Å². The van der Waals surface area contributed by atoms with Crippen molar-refractivity contribution in [1.82, 2.24) is 10.6 Å². The number of benzene rings is 4. The Morgan fingerprint density at radius 2 is 1.29 bits per heavy atom. The zero-order valence-electron chi connectivity index (χ0n) is 26.7. The highest BCUT2D eigenvalue weighted by Gasteiger charge is 2.17. The first-order chi connectivity index (χ1) is 23.0. The van der Waals surface area contributed by atoms with Crippen LogP contribution in [0.15, 0.2) is 65.1 Å². The molecule has 4 aromatic carbocycles. The Balaban J connectivity index is 0.000000188. The number of halogens is 4. The Kier molecular flexibility index (Phi) is 12.0. The predicted molar refractivity (Wildman–Crippen MR) is 192 cm³/mol. The Labute approximate surface area is 297 Å². The van der Waals surface area contributed by atoms with Crippen molar-refractivity contribution in [3.8, 4) is 11.5 Å². The smallest absolute Gasteiger partial charge is 0.255 e. The first-order valence-electron chi connectivity index (χ1n) is 15.5. The van der Waals surface area contributed by atoms with Gasteiger partial charge in [0.15, 0.2) is 11.6 Å². The third kappa shape index (κ3) is 8.86. The van der Waals surface area contributed by atoms with Crippen molar-refractivity contribution in [3.05, 3.63) is 114 Å². The molecule has 0 unspecified atom stereocenters. The Morgan fingerprint density at radius 3 is 1.75 bits per heavy atom. The van der Waals surface area contributed by atoms with E-state index in [1.807, 2.05) is 32.0 Å². The van der Waals surface area contributed by atoms with Crippen molar-refractivity contribution in [2.45, 2.75) is 45.9 Å². The highest BCUT2D eigenvalue weighted by Crippen LogP contribution is 2.31. The van der Waals surface area contributed by atoms with Crippen LogP contribution in [0.5, 0.6) is 11.5 Å². The monoisotopic (exact) mass is 756 g/mol. The maximum absolute atomic E-state index is 13.7. The Bertz CT molecular complexity index is 1840. The van der Waals surface area contributed by atoms with E-state index in [-0.39, 0.29) is 23.3 Å². The van der Waals surface area contributed by atoms with Gasteiger partial charge in [-0.15, -0.1) is 0 Å². The van der Waals surface area contributed by atoms with Crippen LogP contribution >= 0.6 is 39.1 Å². The second-order valence-corrected chi connectivity index (χ2v) is 13.3. The van der Waals surface area contributed by atoms with Gasteiger partial charge >= 0.3 is 0 Å². The topological polar surface area (TPSA) is 101 Å². The minimum Gasteiger partial charge on any atom is -0.494 e. The molecule has 2 aliphatic rings. The van der Waals surface area contributed by atoms with Gasteiger partial charge in [0.2, 0.25) is 0 Å². The van der Waals surface area contributed by atoms with E-state index < -0.39 is 11.7 Å². The van der Waals surface area contributed by atoms with Crippen LogP contribution in [0, 0.1) is 5.82 Å². The van der Waals surface area contributed by atoms with Gasteiger partial charge in [0.1, 0.15) is 5.75 Å². The van der Waals surface area contributed by atoms with Crippen LogP contribution in [0.4, 0.5) is 15.8 Å². The van der Waals surface area contributed by atoms with Crippen molar-refractivity contribution in [2.75, 3.05) is 30.8 Å². The molecule has 0 aromatic heterocycles. The summed E-state index contributed by atoms with van der Waals surface area (Å²) in [5, 5.41) is 13.6. The van der Waals surface area contributed by atoms with Crippen molar-refractivity contribution in [3.63, 3.8) is 0 Å². The highest BCUT2D eigenvalue weighted by molar-refractivity contribution is 9.10. The molecule has 2 aliphatic heterocycles. The number of nitrogens with one attached hydrogen (secondary N) is 4. The van der Waals surface area contributed by atoms with Crippen LogP contribution in [0.2, 0.25) is 10.0 Å². The summed E-state index contributed by atoms with van der Waals surface area (Å²) in [7, 11) is 1.38. The van der Waals surface area contributed by atoms with Crippen LogP contribution in [0.25, 0.3) is 0 Å². The lowest BCUT2D eigenvalue weighted by atomic mass is 10.00. The summed E-state index contributed by atoms with van der Waals surface area (Å²) in [6.07, 6.45) is 1.85. The summed E-state index contributed by atoms with van der Waals surface area (Å²) in [6, 6.07) is 16.8. The summed E-state index contributed by atoms with van der Waals surface area (Å²) >= 11 is 16.1. The SMILES string of the molecule is CC(C)Oc1ccc(C(=O)Nc2cc(Cl)c3c(c2)CNCC3)cc1Br.COc1ccc(C(=O)Nc2cc(Cl)c3c(c2)CNCC3)cc1F. The van der Waals surface area contributed by atoms with Crippen molar-refractivity contribution >= 4 is 62.3 Å². The third-order valence-electron chi connectivity index (χ3n) is 7.80. The van der Waals surface area contributed by atoms with Gasteiger partial charge in [-0.05, 0) is 139 Å². The summed E-state index contributed by atoms with van der Waals surface area (Å²) in [5.74, 6) is -0.338. The molecule has 4 N–H and O–H groups in total. The van der Waals surface area contributed by atoms with E-state index in [2.05, 4.69) is 37.2 Å². The predicted octanol–water partition coefficient (Wildman–Crippen LogP) is 8.17. The fourth-order valence-corrected chi connectivity index (χ4v) is 6.62. The average molecular weight is 759 g/mol. The number of carbonyl (C=O) groups is 2. The molecular weight excluding hydrogens is 722 g/mol. The number of ether oxygens (including phenoxy) is 2. The molecule has 0 spiro atoms. The standard InChI is InChI=1S/C19H20BrClN2O2.C17H16ClFN2O2/c1-11(2)25-18-4-3-12(8-16(18)20)19(24)23-14-7-13-10-22-6-5-15(13)17(21)9-14;1-23-16-3-2-10(7-15(16)19)17(22)21-12-6-11-9-20-5-4-13(11)14(18)8-12/h3-4,7-9,11,22H,5-6,10H2,1-2H3,(H,23,24);2-3,6-8,20H,4-5,9H2,1H3,(H,21,22). The molecule has 4 aromatic rings. The largest absolute Gasteiger partial charge is 0.494 e. The maximum atomic E-state index is 13.7. The van der Waals surface area contributed by atoms with Crippen molar-refractivity contribution in [1.29, 1.82) is 0 Å². The van der Waals surface area contributed by atoms with E-state index in [1.165, 1.54) is 19.2 Å². The number of hydrogen-bond acceptors (Lipinski definition) is 6. The molecule has 0 atom stereocenters. The van der Waals surface area contributed by atoms with Gasteiger partial charge < -0.3 is 30.7 Å². The lowest BCUT2D eigenvalue weighted by molar-refractivity contribution is 0.101. The number of hydrogen-bond donors (Lipinski definition) is 4. The highest BCUT2D eigenvalue weighted by atomic mass is 79.9. The molecule has 48 heavy (non-hydrogen) atoms.